The van der Waals surface area contributed by atoms with Gasteiger partial charge in [0.1, 0.15) is 17.8 Å². The Kier molecular flexibility index (Phi) is 6.18. The average molecular weight is 471 g/mol. The van der Waals surface area contributed by atoms with Gasteiger partial charge in [-0.1, -0.05) is 0 Å². The van der Waals surface area contributed by atoms with Crippen LogP contribution in [0.15, 0.2) is 48.7 Å². The van der Waals surface area contributed by atoms with E-state index in [4.69, 9.17) is 0 Å². The molecular weight excluding hydrogens is 451 g/mol. The summed E-state index contributed by atoms with van der Waals surface area (Å²) in [6.45, 7) is -0.286. The lowest BCUT2D eigenvalue weighted by molar-refractivity contribution is 0.0901. The van der Waals surface area contributed by atoms with Crippen LogP contribution in [-0.4, -0.2) is 52.1 Å². The molecule has 1 fully saturated rings. The lowest BCUT2D eigenvalue weighted by Crippen LogP contribution is -2.53. The van der Waals surface area contributed by atoms with Crippen molar-refractivity contribution in [3.8, 4) is 11.3 Å². The van der Waals surface area contributed by atoms with Gasteiger partial charge in [0, 0.05) is 36.3 Å². The number of nitrogens with zero attached hydrogens (tertiary/aromatic N) is 4. The molecular formula is C23H20F3N5O3. The minimum atomic E-state index is -1.40. The zero-order valence-corrected chi connectivity index (χ0v) is 18.0. The van der Waals surface area contributed by atoms with Gasteiger partial charge in [0.05, 0.1) is 11.4 Å². The zero-order valence-electron chi connectivity index (χ0n) is 18.0. The Hall–Kier alpha value is -4.02. The minimum Gasteiger partial charge on any atom is -0.465 e. The van der Waals surface area contributed by atoms with Crippen LogP contribution in [0.4, 0.5) is 23.8 Å². The van der Waals surface area contributed by atoms with E-state index in [1.54, 1.807) is 0 Å². The number of carboxylic acid groups (broad SMARTS) is 1. The van der Waals surface area contributed by atoms with Gasteiger partial charge in [0.25, 0.3) is 5.91 Å². The number of halogens is 3. The summed E-state index contributed by atoms with van der Waals surface area (Å²) in [5, 5.41) is 20.1. The van der Waals surface area contributed by atoms with Crippen LogP contribution in [0, 0.1) is 11.6 Å². The molecule has 2 heterocycles. The van der Waals surface area contributed by atoms with Crippen LogP contribution in [-0.2, 0) is 5.41 Å². The van der Waals surface area contributed by atoms with Gasteiger partial charge in [-0.05, 0) is 55.3 Å². The Labute approximate surface area is 192 Å². The minimum absolute atomic E-state index is 0.00665. The summed E-state index contributed by atoms with van der Waals surface area (Å²) < 4.78 is 42.7. The Morgan fingerprint density at radius 3 is 2.50 bits per heavy atom. The fourth-order valence-corrected chi connectivity index (χ4v) is 4.13. The van der Waals surface area contributed by atoms with Crippen molar-refractivity contribution >= 4 is 17.8 Å². The van der Waals surface area contributed by atoms with Gasteiger partial charge in [-0.25, -0.2) is 18.0 Å². The van der Waals surface area contributed by atoms with Crippen molar-refractivity contribution in [1.29, 1.82) is 0 Å². The molecule has 0 aliphatic heterocycles. The number of carbonyl (C=O) groups excluding carboxylic acids is 1. The maximum absolute atomic E-state index is 14.4. The summed E-state index contributed by atoms with van der Waals surface area (Å²) in [4.78, 5) is 28.8. The van der Waals surface area contributed by atoms with Crippen LogP contribution in [0.1, 0.15) is 28.9 Å². The second-order valence-electron chi connectivity index (χ2n) is 8.04. The monoisotopic (exact) mass is 471 g/mol. The average Bonchev–Trinajstić information content (AvgIpc) is 2.81. The largest absolute Gasteiger partial charge is 0.465 e. The highest BCUT2D eigenvalue weighted by atomic mass is 19.1. The van der Waals surface area contributed by atoms with E-state index in [0.29, 0.717) is 0 Å². The molecule has 2 amide bonds. The molecule has 0 spiro atoms. The van der Waals surface area contributed by atoms with Crippen molar-refractivity contribution in [2.24, 2.45) is 0 Å². The molecule has 11 heteroatoms. The van der Waals surface area contributed by atoms with Gasteiger partial charge in [0.15, 0.2) is 5.82 Å². The molecule has 4 rings (SSSR count). The molecule has 0 radical (unpaired) electrons. The number of alkyl halides is 1. The molecule has 0 atom stereocenters. The number of carbonyl (C=O) groups is 2. The van der Waals surface area contributed by atoms with Crippen LogP contribution < -0.4 is 10.2 Å². The van der Waals surface area contributed by atoms with Crippen molar-refractivity contribution in [3.05, 3.63) is 71.6 Å². The van der Waals surface area contributed by atoms with Crippen molar-refractivity contribution in [2.45, 2.75) is 24.4 Å². The van der Waals surface area contributed by atoms with Crippen LogP contribution >= 0.6 is 0 Å². The van der Waals surface area contributed by atoms with Crippen molar-refractivity contribution < 1.29 is 27.9 Å². The quantitative estimate of drug-likeness (QED) is 0.567. The van der Waals surface area contributed by atoms with Crippen LogP contribution in [0.3, 0.4) is 0 Å². The number of pyridine rings is 1. The van der Waals surface area contributed by atoms with Gasteiger partial charge in [-0.2, -0.15) is 0 Å². The molecule has 1 saturated carbocycles. The molecule has 0 saturated heterocycles. The Morgan fingerprint density at radius 2 is 1.91 bits per heavy atom. The summed E-state index contributed by atoms with van der Waals surface area (Å²) >= 11 is 0. The second kappa shape index (κ2) is 9.08. The third-order valence-electron chi connectivity index (χ3n) is 5.84. The Morgan fingerprint density at radius 1 is 1.15 bits per heavy atom. The molecule has 3 aromatic rings. The first-order valence-electron chi connectivity index (χ1n) is 10.4. The fourth-order valence-electron chi connectivity index (χ4n) is 4.13. The number of nitrogens with one attached hydrogen (secondary N) is 1. The maximum Gasteiger partial charge on any atom is 0.413 e. The van der Waals surface area contributed by atoms with Crippen molar-refractivity contribution in [3.63, 3.8) is 0 Å². The third kappa shape index (κ3) is 4.28. The number of benzene rings is 1. The Balaban J connectivity index is 1.65. The van der Waals surface area contributed by atoms with E-state index in [-0.39, 0.29) is 47.7 Å². The third-order valence-corrected chi connectivity index (χ3v) is 5.84. The molecule has 8 nitrogen and oxygen atoms in total. The van der Waals surface area contributed by atoms with E-state index in [1.165, 1.54) is 49.6 Å². The zero-order chi connectivity index (χ0) is 24.5. The number of hydrogen-bond acceptors (Lipinski definition) is 5. The molecule has 0 unspecified atom stereocenters. The summed E-state index contributed by atoms with van der Waals surface area (Å²) in [5.74, 6) is -1.80. The second-order valence-corrected chi connectivity index (χ2v) is 8.04. The molecule has 1 aromatic carbocycles. The molecule has 1 aliphatic carbocycles. The highest BCUT2D eigenvalue weighted by molar-refractivity contribution is 5.95. The highest BCUT2D eigenvalue weighted by Crippen LogP contribution is 2.46. The first-order valence-corrected chi connectivity index (χ1v) is 10.4. The van der Waals surface area contributed by atoms with Gasteiger partial charge < -0.3 is 10.4 Å². The number of amides is 2. The predicted octanol–water partition coefficient (Wildman–Crippen LogP) is 3.73. The van der Waals surface area contributed by atoms with Gasteiger partial charge >= 0.3 is 6.09 Å². The molecule has 2 aromatic heterocycles. The van der Waals surface area contributed by atoms with Gasteiger partial charge in [0.2, 0.25) is 0 Å². The topological polar surface area (TPSA) is 108 Å². The maximum atomic E-state index is 14.4. The van der Waals surface area contributed by atoms with Crippen LogP contribution in [0.2, 0.25) is 0 Å². The highest BCUT2D eigenvalue weighted by Gasteiger charge is 2.50. The summed E-state index contributed by atoms with van der Waals surface area (Å²) in [5.41, 5.74) is -0.865. The summed E-state index contributed by atoms with van der Waals surface area (Å²) in [6, 6.07) is 9.01. The SMILES string of the molecule is CNC(=O)c1ccc(F)c(-c2ccc(N(CC3(c4ncccc4F)CC(F)C3)C(=O)O)nn2)c1. The molecule has 176 valence electrons. The first-order chi connectivity index (χ1) is 16.2. The Bertz CT molecular complexity index is 1230. The standard InChI is InChI=1S/C23H20F3N5O3/c1-27-21(32)13-4-5-16(25)15(9-13)18-6-7-19(30-29-18)31(22(33)34)12-23(10-14(24)11-23)20-17(26)3-2-8-28-20/h2-9,14H,10-12H2,1H3,(H,27,32)(H,33,34). The van der Waals surface area contributed by atoms with E-state index >= 15 is 0 Å². The van der Waals surface area contributed by atoms with E-state index in [9.17, 15) is 27.9 Å². The predicted molar refractivity (Wildman–Crippen MR) is 116 cm³/mol. The lowest BCUT2D eigenvalue weighted by atomic mass is 9.64. The molecule has 0 bridgehead atoms. The molecule has 2 N–H and O–H groups in total. The number of rotatable bonds is 6. The lowest BCUT2D eigenvalue weighted by Gasteiger charge is -2.45. The number of aromatic nitrogens is 3. The normalized spacial score (nSPS) is 19.2. The van der Waals surface area contributed by atoms with E-state index in [1.807, 2.05) is 0 Å². The molecule has 1 aliphatic rings. The van der Waals surface area contributed by atoms with Crippen LogP contribution in [0.25, 0.3) is 11.3 Å². The van der Waals surface area contributed by atoms with Gasteiger partial charge in [-0.3, -0.25) is 14.7 Å². The summed E-state index contributed by atoms with van der Waals surface area (Å²) in [7, 11) is 1.44. The number of anilines is 1. The first kappa shape index (κ1) is 23.1. The van der Waals surface area contributed by atoms with E-state index in [2.05, 4.69) is 20.5 Å². The van der Waals surface area contributed by atoms with E-state index in [0.717, 1.165) is 11.0 Å². The smallest absolute Gasteiger partial charge is 0.413 e. The van der Waals surface area contributed by atoms with Crippen molar-refractivity contribution in [2.75, 3.05) is 18.5 Å². The van der Waals surface area contributed by atoms with Gasteiger partial charge in [-0.15, -0.1) is 10.2 Å². The fraction of sp³-hybridized carbons (Fsp3) is 0.261. The van der Waals surface area contributed by atoms with Crippen molar-refractivity contribution in [1.82, 2.24) is 20.5 Å². The summed E-state index contributed by atoms with van der Waals surface area (Å²) in [6.07, 6.45) is -1.41. The number of hydrogen-bond donors (Lipinski definition) is 2. The van der Waals surface area contributed by atoms with Crippen LogP contribution in [0.5, 0.6) is 0 Å². The van der Waals surface area contributed by atoms with E-state index < -0.39 is 35.2 Å². The molecule has 34 heavy (non-hydrogen) atoms.